The third-order valence-electron chi connectivity index (χ3n) is 5.28. The Balaban J connectivity index is 1.54. The number of Topliss-reactive ketones (excluding diaryl/α,β-unsaturated/α-hetero) is 1. The van der Waals surface area contributed by atoms with Crippen molar-refractivity contribution < 1.29 is 18.3 Å². The number of ketones is 1. The van der Waals surface area contributed by atoms with Gasteiger partial charge in [0, 0.05) is 35.7 Å². The van der Waals surface area contributed by atoms with Crippen molar-refractivity contribution in [1.82, 2.24) is 14.3 Å². The van der Waals surface area contributed by atoms with E-state index in [0.717, 1.165) is 35.5 Å². The molecule has 0 bridgehead atoms. The predicted molar refractivity (Wildman–Crippen MR) is 103 cm³/mol. The first-order valence-electron chi connectivity index (χ1n) is 9.58. The number of ether oxygens (including phenoxy) is 1. The zero-order chi connectivity index (χ0) is 20.5. The molecule has 0 N–H and O–H groups in total. The number of carbonyl (C=O) groups excluding carboxylic acids is 1. The Labute approximate surface area is 166 Å². The van der Waals surface area contributed by atoms with E-state index in [1.54, 1.807) is 0 Å². The molecule has 0 spiro atoms. The number of aromatic nitrogens is 3. The summed E-state index contributed by atoms with van der Waals surface area (Å²) in [7, 11) is 0. The van der Waals surface area contributed by atoms with Gasteiger partial charge in [0.2, 0.25) is 5.89 Å². The van der Waals surface area contributed by atoms with Gasteiger partial charge in [-0.3, -0.25) is 4.79 Å². The molecule has 0 radical (unpaired) electrons. The van der Waals surface area contributed by atoms with Gasteiger partial charge in [-0.1, -0.05) is 0 Å². The van der Waals surface area contributed by atoms with Crippen LogP contribution in [0, 0.1) is 19.7 Å². The minimum Gasteiger partial charge on any atom is -0.388 e. The number of aryl methyl sites for hydroxylation is 1. The Morgan fingerprint density at radius 1 is 1.28 bits per heavy atom. The zero-order valence-electron chi connectivity index (χ0n) is 16.4. The number of carbonyl (C=O) groups is 1. The fourth-order valence-corrected chi connectivity index (χ4v) is 3.69. The first-order valence-corrected chi connectivity index (χ1v) is 9.58. The Morgan fingerprint density at radius 2 is 2.03 bits per heavy atom. The van der Waals surface area contributed by atoms with E-state index in [2.05, 4.69) is 9.67 Å². The Bertz CT molecular complexity index is 1090. The molecule has 1 aliphatic rings. The average molecular weight is 399 g/mol. The van der Waals surface area contributed by atoms with Gasteiger partial charge in [-0.15, -0.1) is 5.10 Å². The van der Waals surface area contributed by atoms with E-state index in [1.165, 1.54) is 24.3 Å². The molecular formula is C21H22FN3O4. The lowest BCUT2D eigenvalue weighted by Crippen LogP contribution is -2.22. The summed E-state index contributed by atoms with van der Waals surface area (Å²) in [6.07, 6.45) is 2.24. The first-order chi connectivity index (χ1) is 13.9. The van der Waals surface area contributed by atoms with E-state index in [4.69, 9.17) is 9.15 Å². The smallest absolute Gasteiger partial charge is 0.388 e. The SMILES string of the molecule is Cc1cc(C(=O)Cn2nc(-c3ccc(F)cc3)oc2=O)c(C)n1CC1CCCO1. The van der Waals surface area contributed by atoms with Crippen LogP contribution in [-0.4, -0.2) is 32.8 Å². The van der Waals surface area contributed by atoms with Crippen molar-refractivity contribution in [2.24, 2.45) is 0 Å². The summed E-state index contributed by atoms with van der Waals surface area (Å²) in [5, 5.41) is 4.08. The van der Waals surface area contributed by atoms with E-state index in [1.807, 2.05) is 19.9 Å². The van der Waals surface area contributed by atoms with Crippen molar-refractivity contribution in [1.29, 1.82) is 0 Å². The molecule has 3 heterocycles. The lowest BCUT2D eigenvalue weighted by molar-refractivity contribution is 0.0945. The summed E-state index contributed by atoms with van der Waals surface area (Å²) in [4.78, 5) is 25.0. The van der Waals surface area contributed by atoms with Crippen LogP contribution in [0.5, 0.6) is 0 Å². The number of benzene rings is 1. The van der Waals surface area contributed by atoms with Crippen molar-refractivity contribution in [2.45, 2.75) is 45.9 Å². The highest BCUT2D eigenvalue weighted by Crippen LogP contribution is 2.21. The Hall–Kier alpha value is -3.00. The molecule has 3 aromatic rings. The van der Waals surface area contributed by atoms with E-state index in [9.17, 15) is 14.0 Å². The van der Waals surface area contributed by atoms with E-state index in [-0.39, 0.29) is 24.3 Å². The standard InChI is InChI=1S/C21H22FN3O4/c1-13-10-18(14(2)24(13)11-17-4-3-9-28-17)19(26)12-25-21(27)29-20(23-25)15-5-7-16(22)8-6-15/h5-8,10,17H,3-4,9,11-12H2,1-2H3. The summed E-state index contributed by atoms with van der Waals surface area (Å²) in [6, 6.07) is 7.26. The van der Waals surface area contributed by atoms with Crippen LogP contribution in [0.25, 0.3) is 11.5 Å². The van der Waals surface area contributed by atoms with E-state index >= 15 is 0 Å². The molecule has 4 rings (SSSR count). The lowest BCUT2D eigenvalue weighted by Gasteiger charge is -2.14. The normalized spacial score (nSPS) is 16.4. The van der Waals surface area contributed by atoms with Gasteiger partial charge < -0.3 is 13.7 Å². The summed E-state index contributed by atoms with van der Waals surface area (Å²) >= 11 is 0. The second-order valence-electron chi connectivity index (χ2n) is 7.29. The molecule has 7 nitrogen and oxygen atoms in total. The largest absolute Gasteiger partial charge is 0.437 e. The van der Waals surface area contributed by atoms with Crippen molar-refractivity contribution in [3.8, 4) is 11.5 Å². The summed E-state index contributed by atoms with van der Waals surface area (Å²) in [5.74, 6) is -1.31. The van der Waals surface area contributed by atoms with Crippen molar-refractivity contribution in [3.63, 3.8) is 0 Å². The van der Waals surface area contributed by atoms with Crippen LogP contribution in [-0.2, 0) is 17.8 Å². The maximum Gasteiger partial charge on any atom is 0.437 e. The summed E-state index contributed by atoms with van der Waals surface area (Å²) in [5.41, 5.74) is 2.84. The number of nitrogens with zero attached hydrogens (tertiary/aromatic N) is 3. The minimum atomic E-state index is -0.731. The van der Waals surface area contributed by atoms with Gasteiger partial charge >= 0.3 is 5.76 Å². The molecule has 1 atom stereocenters. The molecule has 0 amide bonds. The third-order valence-corrected chi connectivity index (χ3v) is 5.28. The van der Waals surface area contributed by atoms with Gasteiger partial charge in [0.05, 0.1) is 6.10 Å². The second-order valence-corrected chi connectivity index (χ2v) is 7.29. The van der Waals surface area contributed by atoms with Gasteiger partial charge in [0.1, 0.15) is 12.4 Å². The molecule has 152 valence electrons. The highest BCUT2D eigenvalue weighted by molar-refractivity contribution is 5.97. The van der Waals surface area contributed by atoms with Crippen LogP contribution in [0.4, 0.5) is 4.39 Å². The first kappa shape index (κ1) is 19.3. The van der Waals surface area contributed by atoms with Gasteiger partial charge in [-0.25, -0.2) is 9.18 Å². The second kappa shape index (κ2) is 7.79. The van der Waals surface area contributed by atoms with E-state index < -0.39 is 11.6 Å². The summed E-state index contributed by atoms with van der Waals surface area (Å²) in [6.45, 7) is 5.11. The minimum absolute atomic E-state index is 0.0478. The van der Waals surface area contributed by atoms with Gasteiger partial charge in [-0.05, 0) is 57.0 Å². The highest BCUT2D eigenvalue weighted by atomic mass is 19.1. The van der Waals surface area contributed by atoms with Crippen molar-refractivity contribution in [2.75, 3.05) is 6.61 Å². The van der Waals surface area contributed by atoms with E-state index in [0.29, 0.717) is 17.7 Å². The van der Waals surface area contributed by atoms with Gasteiger partial charge in [0.25, 0.3) is 0 Å². The number of halogens is 1. The van der Waals surface area contributed by atoms with Crippen LogP contribution in [0.1, 0.15) is 34.6 Å². The molecule has 1 saturated heterocycles. The van der Waals surface area contributed by atoms with Crippen LogP contribution in [0.2, 0.25) is 0 Å². The van der Waals surface area contributed by atoms with Gasteiger partial charge in [0.15, 0.2) is 5.78 Å². The van der Waals surface area contributed by atoms with Crippen LogP contribution >= 0.6 is 0 Å². The fourth-order valence-electron chi connectivity index (χ4n) is 3.69. The monoisotopic (exact) mass is 399 g/mol. The molecule has 1 aliphatic heterocycles. The predicted octanol–water partition coefficient (Wildman–Crippen LogP) is 3.12. The maximum atomic E-state index is 13.1. The highest BCUT2D eigenvalue weighted by Gasteiger charge is 2.22. The van der Waals surface area contributed by atoms with Crippen molar-refractivity contribution >= 4 is 5.78 Å². The van der Waals surface area contributed by atoms with Crippen LogP contribution in [0.3, 0.4) is 0 Å². The van der Waals surface area contributed by atoms with Gasteiger partial charge in [-0.2, -0.15) is 4.68 Å². The molecule has 29 heavy (non-hydrogen) atoms. The topological polar surface area (TPSA) is 79.3 Å². The van der Waals surface area contributed by atoms with Crippen molar-refractivity contribution in [3.05, 3.63) is 63.7 Å². The Kier molecular flexibility index (Phi) is 5.19. The maximum absolute atomic E-state index is 13.1. The van der Waals surface area contributed by atoms with Crippen LogP contribution in [0.15, 0.2) is 39.5 Å². The molecule has 1 unspecified atom stereocenters. The van der Waals surface area contributed by atoms with Crippen LogP contribution < -0.4 is 5.76 Å². The molecular weight excluding hydrogens is 377 g/mol. The summed E-state index contributed by atoms with van der Waals surface area (Å²) < 4.78 is 27.0. The molecule has 1 aromatic carbocycles. The third kappa shape index (κ3) is 3.93. The zero-order valence-corrected chi connectivity index (χ0v) is 16.4. The number of hydrogen-bond donors (Lipinski definition) is 0. The fraction of sp³-hybridized carbons (Fsp3) is 0.381. The number of rotatable bonds is 6. The molecule has 0 saturated carbocycles. The number of hydrogen-bond acceptors (Lipinski definition) is 5. The average Bonchev–Trinajstić information content (AvgIpc) is 3.40. The lowest BCUT2D eigenvalue weighted by atomic mass is 10.1. The molecule has 1 fully saturated rings. The molecule has 0 aliphatic carbocycles. The molecule has 8 heteroatoms. The quantitative estimate of drug-likeness (QED) is 0.595. The Morgan fingerprint density at radius 3 is 2.72 bits per heavy atom. The molecule has 2 aromatic heterocycles.